The van der Waals surface area contributed by atoms with Gasteiger partial charge in [-0.3, -0.25) is 10.1 Å². The summed E-state index contributed by atoms with van der Waals surface area (Å²) in [5.74, 6) is -0.782. The van der Waals surface area contributed by atoms with Crippen molar-refractivity contribution in [3.05, 3.63) is 72.3 Å². The molecule has 3 atom stereocenters. The first-order valence-corrected chi connectivity index (χ1v) is 9.46. The molecule has 0 saturated carbocycles. The van der Waals surface area contributed by atoms with Crippen molar-refractivity contribution >= 4 is 23.4 Å². The van der Waals surface area contributed by atoms with Gasteiger partial charge in [-0.15, -0.1) is 0 Å². The summed E-state index contributed by atoms with van der Waals surface area (Å²) in [5, 5.41) is 3.60. The maximum atomic E-state index is 12.9. The van der Waals surface area contributed by atoms with Crippen molar-refractivity contribution in [3.63, 3.8) is 0 Å². The number of rotatable bonds is 4. The Hall–Kier alpha value is -2.72. The van der Waals surface area contributed by atoms with Crippen molar-refractivity contribution in [2.24, 2.45) is 5.92 Å². The molecule has 2 aliphatic heterocycles. The Kier molecular flexibility index (Phi) is 4.44. The molecule has 0 bridgehead atoms. The molecule has 1 N–H and O–H groups in total. The zero-order valence-corrected chi connectivity index (χ0v) is 15.5. The fourth-order valence-electron chi connectivity index (χ4n) is 4.75. The van der Waals surface area contributed by atoms with Crippen LogP contribution in [0.5, 0.6) is 0 Å². The zero-order chi connectivity index (χ0) is 19.0. The topological polar surface area (TPSA) is 49.4 Å². The molecule has 0 aliphatic carbocycles. The number of carbonyl (C=O) groups is 2. The molecule has 2 aliphatic rings. The van der Waals surface area contributed by atoms with Crippen LogP contribution < -0.4 is 10.2 Å². The van der Waals surface area contributed by atoms with E-state index >= 15 is 0 Å². The lowest BCUT2D eigenvalue weighted by Gasteiger charge is -2.50. The predicted octanol–water partition coefficient (Wildman–Crippen LogP) is 3.88. The smallest absolute Gasteiger partial charge is 0.161 e. The third-order valence-electron chi connectivity index (χ3n) is 5.94. The number of fused-ring (bicyclic) bond motifs is 1. The van der Waals surface area contributed by atoms with Gasteiger partial charge < -0.3 is 9.69 Å². The summed E-state index contributed by atoms with van der Waals surface area (Å²) >= 11 is 0. The third kappa shape index (κ3) is 2.55. The highest BCUT2D eigenvalue weighted by molar-refractivity contribution is 5.96. The van der Waals surface area contributed by atoms with Crippen LogP contribution in [0.15, 0.2) is 61.2 Å². The standard InChI is InChI=1S/C23H24N2O2/c1-3-22(27)19-8-6-14-24-23(19)20(15-26)18-7-4-5-9-21(18)25(23)17-12-10-16(2)11-13-17/h3-5,7,9-13,15,19-20,24H,1,6,8,14H2,2H3. The van der Waals surface area contributed by atoms with E-state index in [-0.39, 0.29) is 11.7 Å². The van der Waals surface area contributed by atoms with Gasteiger partial charge in [-0.25, -0.2) is 0 Å². The number of anilines is 2. The number of benzene rings is 2. The van der Waals surface area contributed by atoms with Crippen LogP contribution in [0.3, 0.4) is 0 Å². The van der Waals surface area contributed by atoms with E-state index in [1.165, 1.54) is 11.6 Å². The number of piperidine rings is 1. The lowest BCUT2D eigenvalue weighted by Crippen LogP contribution is -2.66. The van der Waals surface area contributed by atoms with Crippen LogP contribution >= 0.6 is 0 Å². The summed E-state index contributed by atoms with van der Waals surface area (Å²) in [5.41, 5.74) is 3.29. The third-order valence-corrected chi connectivity index (χ3v) is 5.94. The lowest BCUT2D eigenvalue weighted by atomic mass is 9.73. The molecule has 0 radical (unpaired) electrons. The monoisotopic (exact) mass is 360 g/mol. The second-order valence-corrected chi connectivity index (χ2v) is 7.40. The van der Waals surface area contributed by atoms with E-state index in [1.54, 1.807) is 0 Å². The first-order chi connectivity index (χ1) is 13.1. The average Bonchev–Trinajstić information content (AvgIpc) is 2.97. The van der Waals surface area contributed by atoms with Gasteiger partial charge in [0.1, 0.15) is 11.9 Å². The SMILES string of the molecule is C=CC(=O)C1CCCNC12C(C=O)c1ccccc1N2c1ccc(C)cc1. The number of para-hydroxylation sites is 1. The molecule has 27 heavy (non-hydrogen) atoms. The molecule has 1 spiro atoms. The number of carbonyl (C=O) groups excluding carboxylic acids is 2. The van der Waals surface area contributed by atoms with Crippen molar-refractivity contribution in [2.75, 3.05) is 11.4 Å². The molecule has 4 rings (SSSR count). The summed E-state index contributed by atoms with van der Waals surface area (Å²) in [6.07, 6.45) is 4.03. The van der Waals surface area contributed by atoms with Gasteiger partial charge in [0.15, 0.2) is 5.78 Å². The zero-order valence-electron chi connectivity index (χ0n) is 15.5. The van der Waals surface area contributed by atoms with Crippen LogP contribution in [-0.2, 0) is 9.59 Å². The molecule has 0 aromatic heterocycles. The maximum Gasteiger partial charge on any atom is 0.161 e. The predicted molar refractivity (Wildman–Crippen MR) is 107 cm³/mol. The summed E-state index contributed by atoms with van der Waals surface area (Å²) < 4.78 is 0. The van der Waals surface area contributed by atoms with Gasteiger partial charge in [-0.05, 0) is 56.1 Å². The second-order valence-electron chi connectivity index (χ2n) is 7.40. The van der Waals surface area contributed by atoms with E-state index in [1.807, 2.05) is 24.3 Å². The second kappa shape index (κ2) is 6.78. The van der Waals surface area contributed by atoms with E-state index < -0.39 is 11.6 Å². The summed E-state index contributed by atoms with van der Waals surface area (Å²) in [6, 6.07) is 16.2. The number of ketones is 1. The molecular formula is C23H24N2O2. The average molecular weight is 360 g/mol. The van der Waals surface area contributed by atoms with Crippen molar-refractivity contribution in [1.82, 2.24) is 5.32 Å². The lowest BCUT2D eigenvalue weighted by molar-refractivity contribution is -0.123. The summed E-state index contributed by atoms with van der Waals surface area (Å²) in [4.78, 5) is 27.4. The van der Waals surface area contributed by atoms with Crippen molar-refractivity contribution in [3.8, 4) is 0 Å². The number of nitrogens with zero attached hydrogens (tertiary/aromatic N) is 1. The van der Waals surface area contributed by atoms with Crippen molar-refractivity contribution in [1.29, 1.82) is 0 Å². The van der Waals surface area contributed by atoms with Gasteiger partial charge >= 0.3 is 0 Å². The normalized spacial score (nSPS) is 26.6. The number of aryl methyl sites for hydroxylation is 1. The van der Waals surface area contributed by atoms with Crippen LogP contribution in [0.4, 0.5) is 11.4 Å². The molecule has 4 heteroatoms. The molecule has 1 saturated heterocycles. The number of aldehydes is 1. The van der Waals surface area contributed by atoms with Gasteiger partial charge in [0.2, 0.25) is 0 Å². The Morgan fingerprint density at radius 3 is 2.67 bits per heavy atom. The molecule has 0 amide bonds. The number of allylic oxidation sites excluding steroid dienone is 1. The van der Waals surface area contributed by atoms with Crippen LogP contribution in [-0.4, -0.2) is 24.3 Å². The molecule has 2 aromatic rings. The minimum Gasteiger partial charge on any atom is -0.321 e. The Morgan fingerprint density at radius 1 is 1.22 bits per heavy atom. The minimum absolute atomic E-state index is 0.0148. The number of hydrogen-bond donors (Lipinski definition) is 1. The van der Waals surface area contributed by atoms with Gasteiger partial charge in [-0.1, -0.05) is 42.5 Å². The van der Waals surface area contributed by atoms with E-state index in [0.29, 0.717) is 0 Å². The molecule has 3 unspecified atom stereocenters. The molecule has 4 nitrogen and oxygen atoms in total. The van der Waals surface area contributed by atoms with Gasteiger partial charge in [-0.2, -0.15) is 0 Å². The highest BCUT2D eigenvalue weighted by Crippen LogP contribution is 2.54. The molecule has 2 heterocycles. The van der Waals surface area contributed by atoms with E-state index in [9.17, 15) is 9.59 Å². The first kappa shape index (κ1) is 17.7. The molecular weight excluding hydrogens is 336 g/mol. The maximum absolute atomic E-state index is 12.9. The first-order valence-electron chi connectivity index (χ1n) is 9.46. The largest absolute Gasteiger partial charge is 0.321 e. The van der Waals surface area contributed by atoms with Crippen LogP contribution in [0.1, 0.15) is 29.9 Å². The van der Waals surface area contributed by atoms with Crippen LogP contribution in [0, 0.1) is 12.8 Å². The Labute approximate surface area is 159 Å². The van der Waals surface area contributed by atoms with Crippen molar-refractivity contribution in [2.45, 2.75) is 31.3 Å². The van der Waals surface area contributed by atoms with Crippen LogP contribution in [0.25, 0.3) is 0 Å². The summed E-state index contributed by atoms with van der Waals surface area (Å²) in [6.45, 7) is 6.53. The van der Waals surface area contributed by atoms with Crippen molar-refractivity contribution < 1.29 is 9.59 Å². The Morgan fingerprint density at radius 2 is 1.96 bits per heavy atom. The fraction of sp³-hybridized carbons (Fsp3) is 0.304. The Bertz CT molecular complexity index is 890. The Balaban J connectivity index is 1.98. The molecule has 1 fully saturated rings. The van der Waals surface area contributed by atoms with Gasteiger partial charge in [0.25, 0.3) is 0 Å². The highest BCUT2D eigenvalue weighted by atomic mass is 16.1. The number of nitrogens with one attached hydrogen (secondary N) is 1. The van der Waals surface area contributed by atoms with Crippen LogP contribution in [0.2, 0.25) is 0 Å². The van der Waals surface area contributed by atoms with Gasteiger partial charge in [0.05, 0.1) is 11.8 Å². The fourth-order valence-corrected chi connectivity index (χ4v) is 4.75. The molecule has 138 valence electrons. The summed E-state index contributed by atoms with van der Waals surface area (Å²) in [7, 11) is 0. The van der Waals surface area contributed by atoms with Gasteiger partial charge in [0, 0.05) is 11.4 Å². The van der Waals surface area contributed by atoms with E-state index in [2.05, 4.69) is 48.0 Å². The van der Waals surface area contributed by atoms with E-state index in [0.717, 1.165) is 42.6 Å². The highest BCUT2D eigenvalue weighted by Gasteiger charge is 2.58. The molecule has 2 aromatic carbocycles. The minimum atomic E-state index is -0.801. The number of hydrogen-bond acceptors (Lipinski definition) is 4. The van der Waals surface area contributed by atoms with E-state index in [4.69, 9.17) is 0 Å². The quantitative estimate of drug-likeness (QED) is 0.664.